The first-order chi connectivity index (χ1) is 13.5. The maximum Gasteiger partial charge on any atom is 0.271 e. The second-order valence-corrected chi connectivity index (χ2v) is 8.70. The van der Waals surface area contributed by atoms with Gasteiger partial charge in [-0.1, -0.05) is 23.9 Å². The number of anilines is 1. The molecule has 1 amide bonds. The predicted octanol–water partition coefficient (Wildman–Crippen LogP) is 4.37. The first-order valence-corrected chi connectivity index (χ1v) is 10.5. The van der Waals surface area contributed by atoms with Crippen LogP contribution < -0.4 is 5.32 Å². The molecule has 0 spiro atoms. The molecule has 144 valence electrons. The molecule has 2 heterocycles. The number of non-ortho nitro benzene ring substituents is 1. The number of thiophene rings is 1. The van der Waals surface area contributed by atoms with E-state index < -0.39 is 10.2 Å². The lowest BCUT2D eigenvalue weighted by Crippen LogP contribution is -2.23. The lowest BCUT2D eigenvalue weighted by Gasteiger charge is -2.13. The number of thioether (sulfide) groups is 1. The Balaban J connectivity index is 1.49. The average molecular weight is 416 g/mol. The third-order valence-electron chi connectivity index (χ3n) is 4.29. The molecule has 10 heteroatoms. The van der Waals surface area contributed by atoms with E-state index in [9.17, 15) is 14.9 Å². The SMILES string of the molecule is CC(Sc1nnc(-c2cccs2)n1C1CC1)C(=O)Nc1cccc([N+](=O)[O-])c1. The second kappa shape index (κ2) is 7.72. The van der Waals surface area contributed by atoms with E-state index in [4.69, 9.17) is 0 Å². The molecule has 2 aromatic heterocycles. The summed E-state index contributed by atoms with van der Waals surface area (Å²) >= 11 is 2.95. The van der Waals surface area contributed by atoms with E-state index in [2.05, 4.69) is 20.1 Å². The van der Waals surface area contributed by atoms with Crippen LogP contribution in [0.1, 0.15) is 25.8 Å². The van der Waals surface area contributed by atoms with Gasteiger partial charge in [0.15, 0.2) is 11.0 Å². The van der Waals surface area contributed by atoms with Gasteiger partial charge in [0.05, 0.1) is 15.1 Å². The molecule has 1 unspecified atom stereocenters. The Morgan fingerprint density at radius 1 is 1.36 bits per heavy atom. The summed E-state index contributed by atoms with van der Waals surface area (Å²) in [6.07, 6.45) is 2.16. The highest BCUT2D eigenvalue weighted by atomic mass is 32.2. The normalized spacial score (nSPS) is 14.6. The Labute approximate surface area is 169 Å². The van der Waals surface area contributed by atoms with E-state index in [-0.39, 0.29) is 11.6 Å². The summed E-state index contributed by atoms with van der Waals surface area (Å²) in [5.41, 5.74) is 0.335. The van der Waals surface area contributed by atoms with Crippen LogP contribution in [0.2, 0.25) is 0 Å². The van der Waals surface area contributed by atoms with Gasteiger partial charge in [0.2, 0.25) is 5.91 Å². The van der Waals surface area contributed by atoms with Crippen molar-refractivity contribution in [2.24, 2.45) is 0 Å². The fourth-order valence-corrected chi connectivity index (χ4v) is 4.37. The summed E-state index contributed by atoms with van der Waals surface area (Å²) in [7, 11) is 0. The number of nitrogens with one attached hydrogen (secondary N) is 1. The van der Waals surface area contributed by atoms with Crippen LogP contribution in [0.5, 0.6) is 0 Å². The molecule has 1 N–H and O–H groups in total. The van der Waals surface area contributed by atoms with Crippen molar-refractivity contribution in [2.75, 3.05) is 5.32 Å². The van der Waals surface area contributed by atoms with Crippen LogP contribution in [0.15, 0.2) is 46.9 Å². The Kier molecular flexibility index (Phi) is 5.14. The number of amides is 1. The zero-order valence-corrected chi connectivity index (χ0v) is 16.6. The zero-order chi connectivity index (χ0) is 19.7. The molecule has 1 atom stereocenters. The van der Waals surface area contributed by atoms with Gasteiger partial charge >= 0.3 is 0 Å². The molecule has 0 bridgehead atoms. The van der Waals surface area contributed by atoms with E-state index in [1.807, 2.05) is 17.5 Å². The highest BCUT2D eigenvalue weighted by Crippen LogP contribution is 2.42. The molecule has 0 aliphatic heterocycles. The molecule has 3 aromatic rings. The van der Waals surface area contributed by atoms with E-state index in [1.54, 1.807) is 30.4 Å². The third-order valence-corrected chi connectivity index (χ3v) is 6.22. The van der Waals surface area contributed by atoms with Crippen LogP contribution in [0.25, 0.3) is 10.7 Å². The van der Waals surface area contributed by atoms with Gasteiger partial charge < -0.3 is 5.32 Å². The number of nitro groups is 1. The molecule has 28 heavy (non-hydrogen) atoms. The van der Waals surface area contributed by atoms with Crippen LogP contribution in [-0.4, -0.2) is 30.8 Å². The number of benzene rings is 1. The molecular weight excluding hydrogens is 398 g/mol. The molecular formula is C18H17N5O3S2. The summed E-state index contributed by atoms with van der Waals surface area (Å²) < 4.78 is 2.12. The van der Waals surface area contributed by atoms with Crippen molar-refractivity contribution < 1.29 is 9.72 Å². The quantitative estimate of drug-likeness (QED) is 0.349. The van der Waals surface area contributed by atoms with Crippen molar-refractivity contribution in [3.8, 4) is 10.7 Å². The minimum absolute atomic E-state index is 0.0628. The average Bonchev–Trinajstić information content (AvgIpc) is 3.20. The van der Waals surface area contributed by atoms with Gasteiger partial charge in [-0.05, 0) is 37.3 Å². The molecule has 1 aliphatic rings. The van der Waals surface area contributed by atoms with Crippen molar-refractivity contribution in [1.82, 2.24) is 14.8 Å². The smallest absolute Gasteiger partial charge is 0.271 e. The Morgan fingerprint density at radius 2 is 2.18 bits per heavy atom. The summed E-state index contributed by atoms with van der Waals surface area (Å²) in [6.45, 7) is 1.79. The Hall–Kier alpha value is -2.72. The lowest BCUT2D eigenvalue weighted by atomic mass is 10.2. The monoisotopic (exact) mass is 415 g/mol. The summed E-state index contributed by atoms with van der Waals surface area (Å²) in [6, 6.07) is 10.3. The number of nitro benzene ring substituents is 1. The topological polar surface area (TPSA) is 103 Å². The first-order valence-electron chi connectivity index (χ1n) is 8.73. The highest BCUT2D eigenvalue weighted by Gasteiger charge is 2.31. The molecule has 0 saturated heterocycles. The van der Waals surface area contributed by atoms with Crippen LogP contribution in [0.4, 0.5) is 11.4 Å². The van der Waals surface area contributed by atoms with Crippen molar-refractivity contribution in [3.05, 3.63) is 51.9 Å². The van der Waals surface area contributed by atoms with Gasteiger partial charge in [0.1, 0.15) is 0 Å². The maximum atomic E-state index is 12.6. The van der Waals surface area contributed by atoms with Crippen LogP contribution in [0.3, 0.4) is 0 Å². The van der Waals surface area contributed by atoms with E-state index in [0.717, 1.165) is 23.5 Å². The van der Waals surface area contributed by atoms with Crippen LogP contribution >= 0.6 is 23.1 Å². The minimum atomic E-state index is -0.488. The number of carbonyl (C=O) groups is 1. The molecule has 1 aliphatic carbocycles. The Morgan fingerprint density at radius 3 is 2.86 bits per heavy atom. The number of rotatable bonds is 7. The molecule has 0 radical (unpaired) electrons. The van der Waals surface area contributed by atoms with Gasteiger partial charge in [-0.2, -0.15) is 0 Å². The number of hydrogen-bond donors (Lipinski definition) is 1. The van der Waals surface area contributed by atoms with Gasteiger partial charge in [0.25, 0.3) is 5.69 Å². The lowest BCUT2D eigenvalue weighted by molar-refractivity contribution is -0.384. The fraction of sp³-hybridized carbons (Fsp3) is 0.278. The molecule has 4 rings (SSSR count). The van der Waals surface area contributed by atoms with E-state index >= 15 is 0 Å². The number of nitrogens with zero attached hydrogens (tertiary/aromatic N) is 4. The second-order valence-electron chi connectivity index (χ2n) is 6.44. The summed E-state index contributed by atoms with van der Waals surface area (Å²) in [4.78, 5) is 24.0. The third kappa shape index (κ3) is 3.92. The van der Waals surface area contributed by atoms with Gasteiger partial charge in [-0.25, -0.2) is 0 Å². The minimum Gasteiger partial charge on any atom is -0.325 e. The van der Waals surface area contributed by atoms with Gasteiger partial charge in [-0.15, -0.1) is 21.5 Å². The molecule has 1 aromatic carbocycles. The predicted molar refractivity (Wildman–Crippen MR) is 109 cm³/mol. The van der Waals surface area contributed by atoms with E-state index in [1.165, 1.54) is 23.9 Å². The summed E-state index contributed by atoms with van der Waals surface area (Å²) in [5.74, 6) is 0.597. The Bertz CT molecular complexity index is 1010. The van der Waals surface area contributed by atoms with Gasteiger partial charge in [-0.3, -0.25) is 19.5 Å². The van der Waals surface area contributed by atoms with Crippen LogP contribution in [0, 0.1) is 10.1 Å². The van der Waals surface area contributed by atoms with Crippen molar-refractivity contribution in [2.45, 2.75) is 36.2 Å². The van der Waals surface area contributed by atoms with Crippen molar-refractivity contribution in [1.29, 1.82) is 0 Å². The van der Waals surface area contributed by atoms with Crippen LogP contribution in [-0.2, 0) is 4.79 Å². The molecule has 1 saturated carbocycles. The van der Waals surface area contributed by atoms with Gasteiger partial charge in [0, 0.05) is 23.9 Å². The fourth-order valence-electron chi connectivity index (χ4n) is 2.75. The maximum absolute atomic E-state index is 12.6. The molecule has 8 nitrogen and oxygen atoms in total. The highest BCUT2D eigenvalue weighted by molar-refractivity contribution is 8.00. The van der Waals surface area contributed by atoms with Crippen molar-refractivity contribution >= 4 is 40.4 Å². The summed E-state index contributed by atoms with van der Waals surface area (Å²) in [5, 5.41) is 24.6. The number of aromatic nitrogens is 3. The zero-order valence-electron chi connectivity index (χ0n) is 14.9. The number of hydrogen-bond acceptors (Lipinski definition) is 7. The first kappa shape index (κ1) is 18.6. The standard InChI is InChI=1S/C18H17N5O3S2/c1-11(17(24)19-12-4-2-5-14(10-12)23(25)26)28-18-21-20-16(15-6-3-9-27-15)22(18)13-7-8-13/h2-6,9-11,13H,7-8H2,1H3,(H,19,24). The number of carbonyl (C=O) groups excluding carboxylic acids is 1. The molecule has 1 fully saturated rings. The van der Waals surface area contributed by atoms with Crippen molar-refractivity contribution in [3.63, 3.8) is 0 Å². The largest absolute Gasteiger partial charge is 0.325 e. The van der Waals surface area contributed by atoms with E-state index in [0.29, 0.717) is 16.9 Å².